The third-order valence-electron chi connectivity index (χ3n) is 1.21. The lowest BCUT2D eigenvalue weighted by molar-refractivity contribution is 0.0537. The van der Waals surface area contributed by atoms with Crippen molar-refractivity contribution in [1.82, 2.24) is 10.1 Å². The molecule has 1 aliphatic rings. The molecule has 0 N–H and O–H groups in total. The maximum Gasteiger partial charge on any atom is 0.224 e. The number of halogens is 2. The first-order valence-corrected chi connectivity index (χ1v) is 3.58. The molecule has 0 aliphatic carbocycles. The van der Waals surface area contributed by atoms with Gasteiger partial charge in [0.25, 0.3) is 0 Å². The van der Waals surface area contributed by atoms with Crippen LogP contribution in [0.3, 0.4) is 0 Å². The number of hydrogen-bond donors (Lipinski definition) is 0. The topological polar surface area (TPSA) is 18.8 Å². The summed E-state index contributed by atoms with van der Waals surface area (Å²) < 4.78 is 12.4. The number of hydrogen-bond acceptors (Lipinski definition) is 3. The molecule has 0 aromatic rings. The van der Waals surface area contributed by atoms with Crippen LogP contribution in [0.5, 0.6) is 0 Å². The molecule has 0 fully saturated rings. The van der Waals surface area contributed by atoms with Gasteiger partial charge in [0, 0.05) is 6.54 Å². The first kappa shape index (κ1) is 7.60. The van der Waals surface area contributed by atoms with Crippen LogP contribution in [0.1, 0.15) is 13.3 Å². The van der Waals surface area contributed by atoms with Gasteiger partial charge in [-0.2, -0.15) is 10.2 Å². The molecule has 0 saturated heterocycles. The van der Waals surface area contributed by atoms with Gasteiger partial charge in [-0.05, 0) is 6.42 Å². The lowest BCUT2D eigenvalue weighted by Gasteiger charge is -2.18. The van der Waals surface area contributed by atoms with Crippen molar-refractivity contribution in [2.75, 3.05) is 6.54 Å². The highest BCUT2D eigenvalue weighted by molar-refractivity contribution is 6.20. The van der Waals surface area contributed by atoms with E-state index in [0.29, 0.717) is 11.7 Å². The highest BCUT2D eigenvalue weighted by atomic mass is 35.5. The molecular formula is C5H9ClFN3. The average Bonchev–Trinajstić information content (AvgIpc) is 2.20. The highest BCUT2D eigenvalue weighted by Gasteiger charge is 2.24. The molecule has 10 heavy (non-hydrogen) atoms. The first-order valence-electron chi connectivity index (χ1n) is 3.14. The van der Waals surface area contributed by atoms with Gasteiger partial charge in [0.2, 0.25) is 5.62 Å². The van der Waals surface area contributed by atoms with Crippen LogP contribution in [0, 0.1) is 0 Å². The Morgan fingerprint density at radius 2 is 2.50 bits per heavy atom. The van der Waals surface area contributed by atoms with Crippen molar-refractivity contribution < 1.29 is 4.48 Å². The van der Waals surface area contributed by atoms with Crippen LogP contribution in [-0.4, -0.2) is 28.6 Å². The van der Waals surface area contributed by atoms with E-state index in [4.69, 9.17) is 11.6 Å². The predicted molar refractivity (Wildman–Crippen MR) is 38.1 cm³/mol. The van der Waals surface area contributed by atoms with E-state index < -0.39 is 5.62 Å². The fourth-order valence-corrected chi connectivity index (χ4v) is 0.945. The second-order valence-electron chi connectivity index (χ2n) is 2.05. The summed E-state index contributed by atoms with van der Waals surface area (Å²) in [6, 6.07) is 0. The molecule has 5 heteroatoms. The van der Waals surface area contributed by atoms with E-state index in [2.05, 4.69) is 5.10 Å². The van der Waals surface area contributed by atoms with E-state index in [1.54, 1.807) is 0 Å². The van der Waals surface area contributed by atoms with Gasteiger partial charge in [-0.3, -0.25) is 5.01 Å². The summed E-state index contributed by atoms with van der Waals surface area (Å²) in [5, 5.41) is 5.57. The smallest absolute Gasteiger partial charge is 0.224 e. The van der Waals surface area contributed by atoms with E-state index in [1.807, 2.05) is 6.92 Å². The van der Waals surface area contributed by atoms with E-state index >= 15 is 0 Å². The molecule has 1 aliphatic heterocycles. The fourth-order valence-electron chi connectivity index (χ4n) is 0.746. The van der Waals surface area contributed by atoms with Crippen molar-refractivity contribution in [2.24, 2.45) is 5.10 Å². The minimum atomic E-state index is -0.750. The predicted octanol–water partition coefficient (Wildman–Crippen LogP) is 1.36. The highest BCUT2D eigenvalue weighted by Crippen LogP contribution is 2.15. The lowest BCUT2D eigenvalue weighted by Crippen LogP contribution is -2.30. The summed E-state index contributed by atoms with van der Waals surface area (Å²) in [6.07, 6.45) is 1.99. The summed E-state index contributed by atoms with van der Waals surface area (Å²) in [6.45, 7) is 2.67. The molecule has 0 bridgehead atoms. The van der Waals surface area contributed by atoms with Gasteiger partial charge < -0.3 is 0 Å². The Bertz CT molecular complexity index is 141. The second kappa shape index (κ2) is 3.05. The van der Waals surface area contributed by atoms with Crippen molar-refractivity contribution in [1.29, 1.82) is 0 Å². The Balaban J connectivity index is 2.41. The second-order valence-corrected chi connectivity index (χ2v) is 2.44. The monoisotopic (exact) mass is 165 g/mol. The summed E-state index contributed by atoms with van der Waals surface area (Å²) in [5.74, 6) is 0. The van der Waals surface area contributed by atoms with Crippen LogP contribution >= 0.6 is 11.6 Å². The van der Waals surface area contributed by atoms with Crippen molar-refractivity contribution in [3.05, 3.63) is 0 Å². The fraction of sp³-hybridized carbons (Fsp3) is 0.800. The summed E-state index contributed by atoms with van der Waals surface area (Å²) >= 11 is 5.56. The Morgan fingerprint density at radius 1 is 1.80 bits per heavy atom. The quantitative estimate of drug-likeness (QED) is 0.350. The van der Waals surface area contributed by atoms with Gasteiger partial charge >= 0.3 is 0 Å². The first-order chi connectivity index (χ1) is 4.75. The molecule has 0 amide bonds. The van der Waals surface area contributed by atoms with Gasteiger partial charge in [0.05, 0.1) is 0 Å². The van der Waals surface area contributed by atoms with Crippen LogP contribution in [0.25, 0.3) is 0 Å². The molecule has 0 aromatic carbocycles. The zero-order chi connectivity index (χ0) is 7.56. The number of alkyl halides is 1. The van der Waals surface area contributed by atoms with Crippen molar-refractivity contribution in [3.8, 4) is 0 Å². The third kappa shape index (κ3) is 1.31. The average molecular weight is 166 g/mol. The SMILES string of the molecule is CCCN1N=CN(F)C1Cl. The molecule has 1 rings (SSSR count). The number of rotatable bonds is 2. The zero-order valence-corrected chi connectivity index (χ0v) is 6.42. The molecule has 0 spiro atoms. The Kier molecular flexibility index (Phi) is 2.32. The van der Waals surface area contributed by atoms with Crippen molar-refractivity contribution in [2.45, 2.75) is 19.0 Å². The maximum absolute atomic E-state index is 12.4. The molecule has 58 valence electrons. The molecule has 0 aromatic heterocycles. The normalized spacial score (nSPS) is 24.5. The minimum absolute atomic E-state index is 0.372. The van der Waals surface area contributed by atoms with E-state index in [9.17, 15) is 4.48 Å². The number of hydrazone groups is 1. The van der Waals surface area contributed by atoms with Crippen LogP contribution in [0.15, 0.2) is 5.10 Å². The number of nitrogens with zero attached hydrogens (tertiary/aromatic N) is 3. The molecular weight excluding hydrogens is 157 g/mol. The van der Waals surface area contributed by atoms with Gasteiger partial charge in [0.1, 0.15) is 6.34 Å². The largest absolute Gasteiger partial charge is 0.257 e. The summed E-state index contributed by atoms with van der Waals surface area (Å²) in [7, 11) is 0. The van der Waals surface area contributed by atoms with Gasteiger partial charge in [-0.25, -0.2) is 0 Å². The Morgan fingerprint density at radius 3 is 2.90 bits per heavy atom. The molecule has 0 saturated carbocycles. The molecule has 1 atom stereocenters. The molecule has 0 radical (unpaired) electrons. The lowest BCUT2D eigenvalue weighted by atomic mass is 10.5. The molecule has 3 nitrogen and oxygen atoms in total. The van der Waals surface area contributed by atoms with Gasteiger partial charge in [0.15, 0.2) is 0 Å². The summed E-state index contributed by atoms with van der Waals surface area (Å²) in [5.41, 5.74) is -0.750. The van der Waals surface area contributed by atoms with Crippen LogP contribution < -0.4 is 0 Å². The Labute approximate surface area is 64.0 Å². The maximum atomic E-state index is 12.4. The minimum Gasteiger partial charge on any atom is -0.257 e. The van der Waals surface area contributed by atoms with E-state index in [0.717, 1.165) is 12.8 Å². The van der Waals surface area contributed by atoms with Crippen LogP contribution in [0.4, 0.5) is 4.48 Å². The van der Waals surface area contributed by atoms with Crippen LogP contribution in [-0.2, 0) is 0 Å². The third-order valence-corrected chi connectivity index (χ3v) is 1.62. The molecule has 1 heterocycles. The van der Waals surface area contributed by atoms with E-state index in [1.165, 1.54) is 5.01 Å². The van der Waals surface area contributed by atoms with Crippen molar-refractivity contribution in [3.63, 3.8) is 0 Å². The van der Waals surface area contributed by atoms with Crippen molar-refractivity contribution >= 4 is 17.9 Å². The van der Waals surface area contributed by atoms with Crippen LogP contribution in [0.2, 0.25) is 0 Å². The van der Waals surface area contributed by atoms with Gasteiger partial charge in [-0.15, -0.1) is 0 Å². The Hall–Kier alpha value is -0.510. The van der Waals surface area contributed by atoms with E-state index in [-0.39, 0.29) is 0 Å². The molecule has 1 unspecified atom stereocenters. The zero-order valence-electron chi connectivity index (χ0n) is 5.67. The van der Waals surface area contributed by atoms with Gasteiger partial charge in [-0.1, -0.05) is 23.0 Å². The summed E-state index contributed by atoms with van der Waals surface area (Å²) in [4.78, 5) is 0. The standard InChI is InChI=1S/C5H9ClFN3/c1-2-3-10-5(6)9(7)4-8-10/h4-5H,2-3H2,1H3.